The number of guanidine groups is 1. The molecular weight excluding hydrogens is 304 g/mol. The van der Waals surface area contributed by atoms with Crippen molar-refractivity contribution in [2.45, 2.75) is 39.2 Å². The van der Waals surface area contributed by atoms with E-state index in [1.54, 1.807) is 4.90 Å². The number of hydrogen-bond acceptors (Lipinski definition) is 5. The Kier molecular flexibility index (Phi) is 5.40. The maximum absolute atomic E-state index is 12.0. The molecule has 0 aromatic carbocycles. The number of nitrogens with zero attached hydrogens (tertiary/aromatic N) is 4. The van der Waals surface area contributed by atoms with Crippen molar-refractivity contribution in [2.75, 3.05) is 32.8 Å². The number of carbonyl (C=O) groups excluding carboxylic acids is 1. The fourth-order valence-electron chi connectivity index (χ4n) is 2.98. The Morgan fingerprint density at radius 3 is 2.83 bits per heavy atom. The summed E-state index contributed by atoms with van der Waals surface area (Å²) in [6.45, 7) is 8.25. The van der Waals surface area contributed by atoms with E-state index in [-0.39, 0.29) is 24.1 Å². The molecule has 2 aliphatic rings. The smallest absolute Gasteiger partial charge is 0.416 e. The van der Waals surface area contributed by atoms with Crippen LogP contribution in [0.5, 0.6) is 0 Å². The topological polar surface area (TPSA) is 97.5 Å². The van der Waals surface area contributed by atoms with E-state index in [4.69, 9.17) is 9.47 Å². The first-order valence-corrected chi connectivity index (χ1v) is 7.88. The molecule has 0 aliphatic carbocycles. The highest BCUT2D eigenvalue weighted by atomic mass is 16.7. The highest BCUT2D eigenvalue weighted by Gasteiger charge is 2.39. The second-order valence-corrected chi connectivity index (χ2v) is 6.49. The molecule has 2 rings (SSSR count). The summed E-state index contributed by atoms with van der Waals surface area (Å²) in [6, 6.07) is 0. The highest BCUT2D eigenvalue weighted by molar-refractivity contribution is 5.95. The first-order chi connectivity index (χ1) is 10.8. The number of ether oxygens (including phenoxy) is 2. The van der Waals surface area contributed by atoms with Gasteiger partial charge in [0, 0.05) is 19.0 Å². The van der Waals surface area contributed by atoms with Crippen LogP contribution in [0.15, 0.2) is 5.10 Å². The van der Waals surface area contributed by atoms with Crippen LogP contribution in [0, 0.1) is 16.0 Å². The minimum atomic E-state index is -0.775. The first-order valence-electron chi connectivity index (χ1n) is 7.88. The molecule has 0 N–H and O–H groups in total. The summed E-state index contributed by atoms with van der Waals surface area (Å²) in [5, 5.41) is 13.4. The number of nitro groups is 1. The lowest BCUT2D eigenvalue weighted by Crippen LogP contribution is -2.40. The molecule has 1 atom stereocenters. The molecular formula is C14H24N4O5. The summed E-state index contributed by atoms with van der Waals surface area (Å²) in [7, 11) is 0. The van der Waals surface area contributed by atoms with E-state index in [1.165, 1.54) is 4.90 Å². The summed E-state index contributed by atoms with van der Waals surface area (Å²) in [4.78, 5) is 25.8. The maximum Gasteiger partial charge on any atom is 0.416 e. The molecule has 2 aliphatic heterocycles. The van der Waals surface area contributed by atoms with Gasteiger partial charge in [-0.1, -0.05) is 6.92 Å². The molecule has 9 nitrogen and oxygen atoms in total. The van der Waals surface area contributed by atoms with Gasteiger partial charge in [-0.05, 0) is 26.7 Å². The zero-order valence-corrected chi connectivity index (χ0v) is 13.9. The number of carbonyl (C=O) groups is 1. The molecule has 2 saturated heterocycles. The number of rotatable bonds is 5. The zero-order chi connectivity index (χ0) is 17.0. The molecule has 1 unspecified atom stereocenters. The number of hydrogen-bond donors (Lipinski definition) is 0. The van der Waals surface area contributed by atoms with Crippen LogP contribution in [0.1, 0.15) is 33.6 Å². The van der Waals surface area contributed by atoms with Crippen LogP contribution in [-0.2, 0) is 9.47 Å². The van der Waals surface area contributed by atoms with Gasteiger partial charge in [0.2, 0.25) is 0 Å². The predicted molar refractivity (Wildman–Crippen MR) is 82.5 cm³/mol. The van der Waals surface area contributed by atoms with Crippen molar-refractivity contribution in [3.05, 3.63) is 10.1 Å². The maximum atomic E-state index is 12.0. The van der Waals surface area contributed by atoms with E-state index in [1.807, 2.05) is 20.8 Å². The van der Waals surface area contributed by atoms with E-state index < -0.39 is 11.1 Å². The third kappa shape index (κ3) is 4.54. The molecule has 23 heavy (non-hydrogen) atoms. The molecule has 1 amide bonds. The minimum absolute atomic E-state index is 0.0563. The van der Waals surface area contributed by atoms with Crippen LogP contribution in [0.3, 0.4) is 0 Å². The normalized spacial score (nSPS) is 25.2. The Bertz CT molecular complexity index is 494. The third-order valence-corrected chi connectivity index (χ3v) is 3.91. The van der Waals surface area contributed by atoms with Crippen LogP contribution in [-0.4, -0.2) is 65.3 Å². The van der Waals surface area contributed by atoms with Crippen LogP contribution in [0.4, 0.5) is 4.79 Å². The lowest BCUT2D eigenvalue weighted by atomic mass is 9.97. The minimum Gasteiger partial charge on any atom is -0.449 e. The third-order valence-electron chi connectivity index (χ3n) is 3.91. The molecule has 0 aromatic rings. The Labute approximate surface area is 135 Å². The van der Waals surface area contributed by atoms with E-state index in [9.17, 15) is 14.9 Å². The van der Waals surface area contributed by atoms with Crippen LogP contribution < -0.4 is 0 Å². The van der Waals surface area contributed by atoms with Crippen molar-refractivity contribution >= 4 is 12.1 Å². The van der Waals surface area contributed by atoms with Crippen molar-refractivity contribution in [1.29, 1.82) is 0 Å². The van der Waals surface area contributed by atoms with Gasteiger partial charge in [-0.15, -0.1) is 0 Å². The van der Waals surface area contributed by atoms with Crippen LogP contribution in [0.2, 0.25) is 0 Å². The van der Waals surface area contributed by atoms with Gasteiger partial charge in [-0.25, -0.2) is 19.8 Å². The summed E-state index contributed by atoms with van der Waals surface area (Å²) in [6.07, 6.45) is 0.979. The van der Waals surface area contributed by atoms with Crippen molar-refractivity contribution < 1.29 is 19.3 Å². The van der Waals surface area contributed by atoms with E-state index in [2.05, 4.69) is 5.10 Å². The largest absolute Gasteiger partial charge is 0.449 e. The van der Waals surface area contributed by atoms with Crippen molar-refractivity contribution in [3.8, 4) is 0 Å². The van der Waals surface area contributed by atoms with Crippen molar-refractivity contribution in [2.24, 2.45) is 11.0 Å². The number of hydrazone groups is 1. The molecule has 0 bridgehead atoms. The van der Waals surface area contributed by atoms with Gasteiger partial charge in [0.1, 0.15) is 5.10 Å². The molecule has 0 saturated carbocycles. The van der Waals surface area contributed by atoms with Crippen LogP contribution in [0.25, 0.3) is 0 Å². The lowest BCUT2D eigenvalue weighted by molar-refractivity contribution is -0.486. The fraction of sp³-hybridized carbons (Fsp3) is 0.857. The zero-order valence-electron chi connectivity index (χ0n) is 13.9. The van der Waals surface area contributed by atoms with E-state index in [0.717, 1.165) is 6.42 Å². The Morgan fingerprint density at radius 1 is 1.52 bits per heavy atom. The molecule has 0 aromatic heterocycles. The molecule has 9 heteroatoms. The quantitative estimate of drug-likeness (QED) is 0.560. The lowest BCUT2D eigenvalue weighted by Gasteiger charge is -2.22. The van der Waals surface area contributed by atoms with E-state index >= 15 is 0 Å². The molecule has 130 valence electrons. The fourth-order valence-corrected chi connectivity index (χ4v) is 2.98. The van der Waals surface area contributed by atoms with Gasteiger partial charge in [0.05, 0.1) is 25.4 Å². The van der Waals surface area contributed by atoms with Gasteiger partial charge in [-0.3, -0.25) is 0 Å². The predicted octanol–water partition coefficient (Wildman–Crippen LogP) is 1.51. The van der Waals surface area contributed by atoms with Crippen LogP contribution >= 0.6 is 0 Å². The summed E-state index contributed by atoms with van der Waals surface area (Å²) in [5.74, 6) is 0.314. The average molecular weight is 328 g/mol. The molecule has 0 radical (unpaired) electrons. The van der Waals surface area contributed by atoms with Gasteiger partial charge >= 0.3 is 6.09 Å². The monoisotopic (exact) mass is 328 g/mol. The van der Waals surface area contributed by atoms with Gasteiger partial charge in [0.25, 0.3) is 5.96 Å². The van der Waals surface area contributed by atoms with E-state index in [0.29, 0.717) is 32.7 Å². The summed E-state index contributed by atoms with van der Waals surface area (Å²) >= 11 is 0. The van der Waals surface area contributed by atoms with Gasteiger partial charge < -0.3 is 14.4 Å². The number of amides is 1. The SMILES string of the molecule is CCCOC(=O)N1CCN(CC2COC(C)(C)C2)C1=N[N+](=O)[O-]. The van der Waals surface area contributed by atoms with Gasteiger partial charge in [-0.2, -0.15) is 0 Å². The standard InChI is InChI=1S/C14H24N4O5/c1-4-7-22-13(19)17-6-5-16(12(17)15-18(20)21)9-11-8-14(2,3)23-10-11/h11H,4-10H2,1-3H3. The molecule has 0 spiro atoms. The van der Waals surface area contributed by atoms with Crippen molar-refractivity contribution in [1.82, 2.24) is 9.80 Å². The second-order valence-electron chi connectivity index (χ2n) is 6.49. The second kappa shape index (κ2) is 7.12. The molecule has 2 heterocycles. The average Bonchev–Trinajstić information content (AvgIpc) is 3.00. The first kappa shape index (κ1) is 17.5. The summed E-state index contributed by atoms with van der Waals surface area (Å²) in [5.41, 5.74) is -0.176. The molecule has 2 fully saturated rings. The Balaban J connectivity index is 2.05. The Morgan fingerprint density at radius 2 is 2.26 bits per heavy atom. The highest BCUT2D eigenvalue weighted by Crippen LogP contribution is 2.30. The van der Waals surface area contributed by atoms with Crippen molar-refractivity contribution in [3.63, 3.8) is 0 Å². The summed E-state index contributed by atoms with van der Waals surface area (Å²) < 4.78 is 10.8. The van der Waals surface area contributed by atoms with Gasteiger partial charge in [0.15, 0.2) is 5.03 Å². The Hall–Kier alpha value is -1.90.